The lowest BCUT2D eigenvalue weighted by molar-refractivity contribution is 0.462. The average Bonchev–Trinajstić information content (AvgIpc) is 2.44. The van der Waals surface area contributed by atoms with Gasteiger partial charge in [0, 0.05) is 10.9 Å². The van der Waals surface area contributed by atoms with Gasteiger partial charge in [-0.05, 0) is 40.4 Å². The van der Waals surface area contributed by atoms with E-state index in [0.717, 1.165) is 6.42 Å². The second kappa shape index (κ2) is 4.58. The molecule has 0 bridgehead atoms. The third kappa shape index (κ3) is 2.55. The Morgan fingerprint density at radius 2 is 2.23 bits per heavy atom. The number of hydrogen-bond donors (Lipinski definition) is 1. The molecule has 74 valence electrons. The number of nitrogens with two attached hydrogens (primary N) is 1. The summed E-state index contributed by atoms with van der Waals surface area (Å²) in [6, 6.07) is 2.38. The van der Waals surface area contributed by atoms with Crippen molar-refractivity contribution in [3.63, 3.8) is 0 Å². The van der Waals surface area contributed by atoms with Gasteiger partial charge in [0.1, 0.15) is 0 Å². The smallest absolute Gasteiger partial charge is 0.0731 e. The van der Waals surface area contributed by atoms with Gasteiger partial charge in [0.25, 0.3) is 0 Å². The van der Waals surface area contributed by atoms with Crippen molar-refractivity contribution in [3.05, 3.63) is 20.3 Å². The Labute approximate surface area is 92.5 Å². The molecule has 0 aliphatic carbocycles. The zero-order valence-corrected chi connectivity index (χ0v) is 10.7. The molecular weight excluding hydrogens is 246 g/mol. The minimum atomic E-state index is 0.194. The Hall–Kier alpha value is 0.140. The number of halogens is 1. The third-order valence-electron chi connectivity index (χ3n) is 2.46. The quantitative estimate of drug-likeness (QED) is 0.879. The first-order chi connectivity index (χ1) is 6.06. The van der Waals surface area contributed by atoms with Gasteiger partial charge in [-0.25, -0.2) is 0 Å². The standard InChI is InChI=1S/C10H16BrNS/c1-4-6(2)9(12)8-5-7(3)10(11)13-8/h5-6,9H,4,12H2,1-3H3/t6?,9-/m1/s1. The molecule has 0 amide bonds. The van der Waals surface area contributed by atoms with Gasteiger partial charge in [-0.2, -0.15) is 0 Å². The summed E-state index contributed by atoms with van der Waals surface area (Å²) in [4.78, 5) is 1.29. The van der Waals surface area contributed by atoms with Crippen molar-refractivity contribution in [2.45, 2.75) is 33.2 Å². The molecule has 2 N–H and O–H groups in total. The van der Waals surface area contributed by atoms with Crippen molar-refractivity contribution in [2.75, 3.05) is 0 Å². The molecule has 0 aliphatic rings. The highest BCUT2D eigenvalue weighted by atomic mass is 79.9. The zero-order valence-electron chi connectivity index (χ0n) is 8.30. The number of hydrogen-bond acceptors (Lipinski definition) is 2. The van der Waals surface area contributed by atoms with Crippen molar-refractivity contribution >= 4 is 27.3 Å². The van der Waals surface area contributed by atoms with E-state index in [1.807, 2.05) is 0 Å². The van der Waals surface area contributed by atoms with Gasteiger partial charge in [-0.1, -0.05) is 20.3 Å². The van der Waals surface area contributed by atoms with Crippen molar-refractivity contribution in [2.24, 2.45) is 11.7 Å². The minimum Gasteiger partial charge on any atom is -0.323 e. The van der Waals surface area contributed by atoms with Gasteiger partial charge in [-0.3, -0.25) is 0 Å². The fraction of sp³-hybridized carbons (Fsp3) is 0.600. The molecular formula is C10H16BrNS. The highest BCUT2D eigenvalue weighted by Crippen LogP contribution is 2.33. The van der Waals surface area contributed by atoms with Crippen molar-refractivity contribution in [1.29, 1.82) is 0 Å². The van der Waals surface area contributed by atoms with E-state index in [1.54, 1.807) is 11.3 Å². The van der Waals surface area contributed by atoms with Crippen LogP contribution in [0.15, 0.2) is 9.85 Å². The lowest BCUT2D eigenvalue weighted by Gasteiger charge is -2.16. The average molecular weight is 262 g/mol. The SMILES string of the molecule is CCC(C)[C@@H](N)c1cc(C)c(Br)s1. The first kappa shape index (κ1) is 11.2. The van der Waals surface area contributed by atoms with E-state index in [2.05, 4.69) is 42.8 Å². The van der Waals surface area contributed by atoms with E-state index in [1.165, 1.54) is 14.2 Å². The Morgan fingerprint density at radius 3 is 2.62 bits per heavy atom. The van der Waals surface area contributed by atoms with Crippen LogP contribution in [0.3, 0.4) is 0 Å². The summed E-state index contributed by atoms with van der Waals surface area (Å²) in [5.41, 5.74) is 7.41. The molecule has 0 aromatic carbocycles. The van der Waals surface area contributed by atoms with E-state index in [9.17, 15) is 0 Å². The van der Waals surface area contributed by atoms with E-state index in [4.69, 9.17) is 5.73 Å². The largest absolute Gasteiger partial charge is 0.323 e. The molecule has 1 rings (SSSR count). The Kier molecular flexibility index (Phi) is 3.95. The van der Waals surface area contributed by atoms with Crippen LogP contribution in [0, 0.1) is 12.8 Å². The van der Waals surface area contributed by atoms with Gasteiger partial charge in [0.05, 0.1) is 3.79 Å². The fourth-order valence-corrected chi connectivity index (χ4v) is 2.89. The second-order valence-electron chi connectivity index (χ2n) is 3.52. The molecule has 13 heavy (non-hydrogen) atoms. The molecule has 0 fully saturated rings. The summed E-state index contributed by atoms with van der Waals surface area (Å²) < 4.78 is 1.21. The molecule has 1 aromatic heterocycles. The number of thiophene rings is 1. The molecule has 1 aromatic rings. The van der Waals surface area contributed by atoms with Gasteiger partial charge in [0.2, 0.25) is 0 Å². The van der Waals surface area contributed by atoms with Gasteiger partial charge in [0.15, 0.2) is 0 Å². The predicted molar refractivity (Wildman–Crippen MR) is 63.1 cm³/mol. The summed E-state index contributed by atoms with van der Waals surface area (Å²) in [6.07, 6.45) is 1.13. The van der Waals surface area contributed by atoms with Crippen LogP contribution in [0.1, 0.15) is 36.8 Å². The van der Waals surface area contributed by atoms with E-state index in [0.29, 0.717) is 5.92 Å². The van der Waals surface area contributed by atoms with Crippen molar-refractivity contribution in [3.8, 4) is 0 Å². The van der Waals surface area contributed by atoms with Crippen LogP contribution in [-0.2, 0) is 0 Å². The van der Waals surface area contributed by atoms with Gasteiger partial charge >= 0.3 is 0 Å². The molecule has 0 spiro atoms. The topological polar surface area (TPSA) is 26.0 Å². The third-order valence-corrected chi connectivity index (χ3v) is 4.70. The summed E-state index contributed by atoms with van der Waals surface area (Å²) in [5, 5.41) is 0. The molecule has 0 aliphatic heterocycles. The normalized spacial score (nSPS) is 15.8. The highest BCUT2D eigenvalue weighted by molar-refractivity contribution is 9.11. The lowest BCUT2D eigenvalue weighted by Crippen LogP contribution is -2.17. The zero-order chi connectivity index (χ0) is 10.0. The molecule has 0 saturated heterocycles. The van der Waals surface area contributed by atoms with Crippen LogP contribution in [-0.4, -0.2) is 0 Å². The van der Waals surface area contributed by atoms with Crippen LogP contribution in [0.5, 0.6) is 0 Å². The maximum absolute atomic E-state index is 6.12. The number of aryl methyl sites for hydroxylation is 1. The maximum atomic E-state index is 6.12. The first-order valence-electron chi connectivity index (χ1n) is 4.57. The summed E-state index contributed by atoms with van der Waals surface area (Å²) in [5.74, 6) is 0.560. The summed E-state index contributed by atoms with van der Waals surface area (Å²) >= 11 is 5.28. The van der Waals surface area contributed by atoms with E-state index in [-0.39, 0.29) is 6.04 Å². The maximum Gasteiger partial charge on any atom is 0.0731 e. The summed E-state index contributed by atoms with van der Waals surface area (Å²) in [7, 11) is 0. The summed E-state index contributed by atoms with van der Waals surface area (Å²) in [6.45, 7) is 6.49. The Bertz CT molecular complexity index is 263. The van der Waals surface area contributed by atoms with E-state index < -0.39 is 0 Å². The van der Waals surface area contributed by atoms with Crippen LogP contribution in [0.2, 0.25) is 0 Å². The minimum absolute atomic E-state index is 0.194. The lowest BCUT2D eigenvalue weighted by atomic mass is 9.99. The van der Waals surface area contributed by atoms with Crippen molar-refractivity contribution < 1.29 is 0 Å². The van der Waals surface area contributed by atoms with Crippen LogP contribution < -0.4 is 5.73 Å². The predicted octanol–water partition coefficient (Wildman–Crippen LogP) is 3.86. The van der Waals surface area contributed by atoms with E-state index >= 15 is 0 Å². The highest BCUT2D eigenvalue weighted by Gasteiger charge is 2.16. The number of rotatable bonds is 3. The molecule has 0 saturated carbocycles. The molecule has 1 nitrogen and oxygen atoms in total. The molecule has 2 atom stereocenters. The first-order valence-corrected chi connectivity index (χ1v) is 6.18. The van der Waals surface area contributed by atoms with Crippen LogP contribution >= 0.6 is 27.3 Å². The van der Waals surface area contributed by atoms with Crippen molar-refractivity contribution in [1.82, 2.24) is 0 Å². The molecule has 1 heterocycles. The fourth-order valence-electron chi connectivity index (χ4n) is 1.18. The van der Waals surface area contributed by atoms with Gasteiger partial charge in [-0.15, -0.1) is 11.3 Å². The Balaban J connectivity index is 2.82. The molecule has 3 heteroatoms. The van der Waals surface area contributed by atoms with Crippen LogP contribution in [0.25, 0.3) is 0 Å². The molecule has 0 radical (unpaired) electrons. The van der Waals surface area contributed by atoms with Gasteiger partial charge < -0.3 is 5.73 Å². The monoisotopic (exact) mass is 261 g/mol. The van der Waals surface area contributed by atoms with Crippen LogP contribution in [0.4, 0.5) is 0 Å². The second-order valence-corrected chi connectivity index (χ2v) is 5.92. The Morgan fingerprint density at radius 1 is 1.62 bits per heavy atom. The molecule has 1 unspecified atom stereocenters.